The maximum absolute atomic E-state index is 13.8. The van der Waals surface area contributed by atoms with Gasteiger partial charge in [-0.1, -0.05) is 23.7 Å². The van der Waals surface area contributed by atoms with Crippen LogP contribution in [-0.2, 0) is 6.18 Å². The van der Waals surface area contributed by atoms with E-state index in [4.69, 9.17) is 16.3 Å². The smallest absolute Gasteiger partial charge is 0.433 e. The van der Waals surface area contributed by atoms with Crippen molar-refractivity contribution in [2.75, 3.05) is 12.4 Å². The summed E-state index contributed by atoms with van der Waals surface area (Å²) in [4.78, 5) is 20.9. The number of nitrogens with one attached hydrogen (secondary N) is 1. The summed E-state index contributed by atoms with van der Waals surface area (Å²) < 4.78 is 47.8. The van der Waals surface area contributed by atoms with Gasteiger partial charge in [-0.2, -0.15) is 18.3 Å². The summed E-state index contributed by atoms with van der Waals surface area (Å²) in [7, 11) is 1.44. The number of hydrogen-bond acceptors (Lipinski definition) is 5. The average Bonchev–Trinajstić information content (AvgIpc) is 3.10. The van der Waals surface area contributed by atoms with Gasteiger partial charge in [0, 0.05) is 16.2 Å². The molecule has 4 aromatic rings. The van der Waals surface area contributed by atoms with Crippen LogP contribution >= 0.6 is 27.5 Å². The Morgan fingerprint density at radius 2 is 2.00 bits per heavy atom. The van der Waals surface area contributed by atoms with Crippen LogP contribution in [0.15, 0.2) is 53.1 Å². The molecule has 0 unspecified atom stereocenters. The second kappa shape index (κ2) is 8.40. The highest BCUT2D eigenvalue weighted by atomic mass is 79.9. The molecule has 0 aliphatic heterocycles. The van der Waals surface area contributed by atoms with Gasteiger partial charge in [-0.25, -0.2) is 14.5 Å². The van der Waals surface area contributed by atoms with Crippen LogP contribution in [0.4, 0.5) is 19.0 Å². The summed E-state index contributed by atoms with van der Waals surface area (Å²) in [6, 6.07) is 10.4. The maximum atomic E-state index is 13.8. The first-order valence-electron chi connectivity index (χ1n) is 8.91. The van der Waals surface area contributed by atoms with Crippen LogP contribution in [0.25, 0.3) is 16.9 Å². The molecule has 0 fully saturated rings. The Hall–Kier alpha value is -3.18. The lowest BCUT2D eigenvalue weighted by Gasteiger charge is -2.11. The van der Waals surface area contributed by atoms with E-state index in [0.717, 1.165) is 6.07 Å². The number of methoxy groups -OCH3 is 1. The van der Waals surface area contributed by atoms with E-state index in [1.807, 2.05) is 0 Å². The quantitative estimate of drug-likeness (QED) is 0.380. The second-order valence-corrected chi connectivity index (χ2v) is 7.76. The molecule has 3 heterocycles. The predicted molar refractivity (Wildman–Crippen MR) is 115 cm³/mol. The number of fused-ring (bicyclic) bond motifs is 1. The van der Waals surface area contributed by atoms with Gasteiger partial charge < -0.3 is 10.1 Å². The number of carbonyl (C=O) groups excluding carboxylic acids is 1. The highest BCUT2D eigenvalue weighted by Crippen LogP contribution is 2.35. The number of rotatable bonds is 4. The number of benzene rings is 1. The van der Waals surface area contributed by atoms with Gasteiger partial charge in [-0.3, -0.25) is 4.79 Å². The summed E-state index contributed by atoms with van der Waals surface area (Å²) in [5.74, 6) is -0.210. The first-order chi connectivity index (χ1) is 15.2. The third-order valence-corrected chi connectivity index (χ3v) is 5.19. The van der Waals surface area contributed by atoms with E-state index in [1.54, 1.807) is 24.3 Å². The topological polar surface area (TPSA) is 81.4 Å². The maximum Gasteiger partial charge on any atom is 0.433 e. The number of nitrogens with zero attached hydrogens (tertiary/aromatic N) is 4. The Morgan fingerprint density at radius 1 is 1.22 bits per heavy atom. The van der Waals surface area contributed by atoms with Crippen molar-refractivity contribution in [1.82, 2.24) is 19.6 Å². The molecule has 0 radical (unpaired) electrons. The summed E-state index contributed by atoms with van der Waals surface area (Å²) in [6.45, 7) is 0. The van der Waals surface area contributed by atoms with Crippen molar-refractivity contribution in [2.24, 2.45) is 0 Å². The molecule has 0 bridgehead atoms. The molecule has 1 N–H and O–H groups in total. The molecule has 0 aliphatic rings. The third-order valence-electron chi connectivity index (χ3n) is 4.37. The molecule has 32 heavy (non-hydrogen) atoms. The number of anilines is 1. The van der Waals surface area contributed by atoms with Gasteiger partial charge in [0.2, 0.25) is 0 Å². The molecular formula is C20H12BrClF3N5O2. The van der Waals surface area contributed by atoms with Gasteiger partial charge in [0.1, 0.15) is 16.6 Å². The minimum absolute atomic E-state index is 0.00735. The highest BCUT2D eigenvalue weighted by molar-refractivity contribution is 9.10. The molecule has 164 valence electrons. The van der Waals surface area contributed by atoms with Crippen LogP contribution in [0.3, 0.4) is 0 Å². The number of alkyl halides is 3. The number of hydrogen-bond donors (Lipinski definition) is 1. The predicted octanol–water partition coefficient (Wildman–Crippen LogP) is 5.49. The van der Waals surface area contributed by atoms with Gasteiger partial charge in [0.05, 0.1) is 12.8 Å². The lowest BCUT2D eigenvalue weighted by molar-refractivity contribution is -0.142. The standard InChI is InChI=1S/C20H12BrClF3N5O2/c1-32-12-4-2-3-10(7-12)13-8-14(20(23,24)25)30-18(27-13)16(22)17(29-30)19(31)28-15-6-5-11(21)9-26-15/h2-9H,1H3,(H,26,28,31). The number of carbonyl (C=O) groups is 1. The van der Waals surface area contributed by atoms with E-state index in [0.29, 0.717) is 20.3 Å². The number of halogens is 5. The minimum atomic E-state index is -4.79. The normalized spacial score (nSPS) is 11.6. The molecule has 0 atom stereocenters. The summed E-state index contributed by atoms with van der Waals surface area (Å²) in [5.41, 5.74) is -1.50. The Bertz CT molecular complexity index is 1330. The Morgan fingerprint density at radius 3 is 2.66 bits per heavy atom. The Labute approximate surface area is 192 Å². The van der Waals surface area contributed by atoms with Crippen molar-refractivity contribution in [1.29, 1.82) is 0 Å². The molecular weight excluding hydrogens is 515 g/mol. The lowest BCUT2D eigenvalue weighted by atomic mass is 10.1. The van der Waals surface area contributed by atoms with Crippen LogP contribution in [0.1, 0.15) is 16.2 Å². The summed E-state index contributed by atoms with van der Waals surface area (Å²) in [6.07, 6.45) is -3.34. The van der Waals surface area contributed by atoms with Crippen molar-refractivity contribution in [3.63, 3.8) is 0 Å². The summed E-state index contributed by atoms with van der Waals surface area (Å²) >= 11 is 9.48. The highest BCUT2D eigenvalue weighted by Gasteiger charge is 2.36. The van der Waals surface area contributed by atoms with E-state index >= 15 is 0 Å². The zero-order valence-electron chi connectivity index (χ0n) is 16.1. The number of pyridine rings is 1. The van der Waals surface area contributed by atoms with Crippen LogP contribution in [0, 0.1) is 0 Å². The van der Waals surface area contributed by atoms with Crippen molar-refractivity contribution in [3.8, 4) is 17.0 Å². The van der Waals surface area contributed by atoms with E-state index in [-0.39, 0.29) is 22.2 Å². The van der Waals surface area contributed by atoms with Crippen molar-refractivity contribution < 1.29 is 22.7 Å². The fourth-order valence-corrected chi connectivity index (χ4v) is 3.37. The monoisotopic (exact) mass is 525 g/mol. The van der Waals surface area contributed by atoms with Crippen molar-refractivity contribution >= 4 is 44.9 Å². The summed E-state index contributed by atoms with van der Waals surface area (Å²) in [5, 5.41) is 5.92. The zero-order chi connectivity index (χ0) is 23.0. The number of ether oxygens (including phenoxy) is 1. The SMILES string of the molecule is COc1cccc(-c2cc(C(F)(F)F)n3nc(C(=O)Nc4ccc(Br)cn4)c(Cl)c3n2)c1. The molecule has 1 amide bonds. The molecule has 0 spiro atoms. The van der Waals surface area contributed by atoms with Gasteiger partial charge >= 0.3 is 6.18 Å². The first kappa shape index (κ1) is 22.0. The molecule has 7 nitrogen and oxygen atoms in total. The Kier molecular flexibility index (Phi) is 5.78. The van der Waals surface area contributed by atoms with Crippen LogP contribution in [0.2, 0.25) is 5.02 Å². The third kappa shape index (κ3) is 4.26. The van der Waals surface area contributed by atoms with Crippen LogP contribution in [0.5, 0.6) is 5.75 Å². The van der Waals surface area contributed by atoms with Crippen molar-refractivity contribution in [2.45, 2.75) is 6.18 Å². The molecule has 0 aliphatic carbocycles. The van der Waals surface area contributed by atoms with Gasteiger partial charge in [0.15, 0.2) is 17.0 Å². The minimum Gasteiger partial charge on any atom is -0.497 e. The fraction of sp³-hybridized carbons (Fsp3) is 0.100. The fourth-order valence-electron chi connectivity index (χ4n) is 2.89. The number of aromatic nitrogens is 4. The van der Waals surface area contributed by atoms with Crippen molar-refractivity contribution in [3.05, 3.63) is 69.5 Å². The first-order valence-corrected chi connectivity index (χ1v) is 10.1. The van der Waals surface area contributed by atoms with E-state index in [9.17, 15) is 18.0 Å². The van der Waals surface area contributed by atoms with E-state index in [2.05, 4.69) is 36.3 Å². The lowest BCUT2D eigenvalue weighted by Crippen LogP contribution is -2.16. The van der Waals surface area contributed by atoms with E-state index in [1.165, 1.54) is 25.4 Å². The molecule has 1 aromatic carbocycles. The van der Waals surface area contributed by atoms with Crippen LogP contribution < -0.4 is 10.1 Å². The average molecular weight is 527 g/mol. The van der Waals surface area contributed by atoms with Crippen LogP contribution in [-0.4, -0.2) is 32.6 Å². The molecule has 3 aromatic heterocycles. The largest absolute Gasteiger partial charge is 0.497 e. The van der Waals surface area contributed by atoms with Gasteiger partial charge in [0.25, 0.3) is 5.91 Å². The molecule has 12 heteroatoms. The molecule has 0 saturated carbocycles. The zero-order valence-corrected chi connectivity index (χ0v) is 18.5. The van der Waals surface area contributed by atoms with Gasteiger partial charge in [-0.15, -0.1) is 0 Å². The molecule has 0 saturated heterocycles. The molecule has 4 rings (SSSR count). The van der Waals surface area contributed by atoms with Gasteiger partial charge in [-0.05, 0) is 46.3 Å². The van der Waals surface area contributed by atoms with E-state index < -0.39 is 23.5 Å². The second-order valence-electron chi connectivity index (χ2n) is 6.47. The number of amides is 1. The Balaban J connectivity index is 1.84.